The van der Waals surface area contributed by atoms with Gasteiger partial charge in [0.25, 0.3) is 5.91 Å². The molecule has 0 fully saturated rings. The summed E-state index contributed by atoms with van der Waals surface area (Å²) in [5, 5.41) is 3.30. The number of carbonyl (C=O) groups excluding carboxylic acids is 1. The second-order valence-corrected chi connectivity index (χ2v) is 5.33. The summed E-state index contributed by atoms with van der Waals surface area (Å²) in [5.74, 6) is -0.625. The molecular formula is C14H10BrClFNO. The Kier molecular flexibility index (Phi) is 4.22. The van der Waals surface area contributed by atoms with E-state index in [2.05, 4.69) is 21.2 Å². The molecule has 0 aliphatic carbocycles. The first-order valence-corrected chi connectivity index (χ1v) is 6.67. The molecule has 98 valence electrons. The third kappa shape index (κ3) is 3.33. The maximum Gasteiger partial charge on any atom is 0.255 e. The maximum atomic E-state index is 13.3. The van der Waals surface area contributed by atoms with E-state index in [9.17, 15) is 9.18 Å². The van der Waals surface area contributed by atoms with E-state index in [1.807, 2.05) is 0 Å². The van der Waals surface area contributed by atoms with E-state index in [1.54, 1.807) is 37.3 Å². The number of hydrogen-bond donors (Lipinski definition) is 1. The van der Waals surface area contributed by atoms with Crippen molar-refractivity contribution in [3.05, 3.63) is 62.8 Å². The Morgan fingerprint density at radius 2 is 1.89 bits per heavy atom. The zero-order valence-corrected chi connectivity index (χ0v) is 12.3. The van der Waals surface area contributed by atoms with Crippen LogP contribution in [0.1, 0.15) is 15.9 Å². The van der Waals surface area contributed by atoms with Crippen molar-refractivity contribution in [2.24, 2.45) is 0 Å². The molecule has 0 radical (unpaired) electrons. The molecule has 1 amide bonds. The van der Waals surface area contributed by atoms with Crippen LogP contribution in [0.4, 0.5) is 10.1 Å². The zero-order valence-electron chi connectivity index (χ0n) is 10.0. The van der Waals surface area contributed by atoms with Crippen LogP contribution in [0, 0.1) is 12.7 Å². The molecule has 1 N–H and O–H groups in total. The van der Waals surface area contributed by atoms with E-state index in [-0.39, 0.29) is 11.7 Å². The summed E-state index contributed by atoms with van der Waals surface area (Å²) >= 11 is 8.85. The minimum absolute atomic E-state index is 0.265. The minimum atomic E-state index is -0.359. The van der Waals surface area contributed by atoms with Gasteiger partial charge in [0, 0.05) is 16.3 Å². The lowest BCUT2D eigenvalue weighted by Crippen LogP contribution is -2.12. The van der Waals surface area contributed by atoms with E-state index >= 15 is 0 Å². The van der Waals surface area contributed by atoms with Crippen LogP contribution in [0.15, 0.2) is 40.9 Å². The van der Waals surface area contributed by atoms with Gasteiger partial charge in [0.15, 0.2) is 0 Å². The van der Waals surface area contributed by atoms with Gasteiger partial charge in [-0.3, -0.25) is 4.79 Å². The Balaban J connectivity index is 2.24. The molecule has 0 atom stereocenters. The van der Waals surface area contributed by atoms with Gasteiger partial charge in [0.05, 0.1) is 4.47 Å². The molecule has 0 unspecified atom stereocenters. The molecule has 2 nitrogen and oxygen atoms in total. The minimum Gasteiger partial charge on any atom is -0.322 e. The van der Waals surface area contributed by atoms with E-state index < -0.39 is 0 Å². The van der Waals surface area contributed by atoms with Crippen molar-refractivity contribution in [2.45, 2.75) is 6.92 Å². The Hall–Kier alpha value is -1.39. The summed E-state index contributed by atoms with van der Waals surface area (Å²) in [7, 11) is 0. The summed E-state index contributed by atoms with van der Waals surface area (Å²) < 4.78 is 13.6. The van der Waals surface area contributed by atoms with E-state index in [0.717, 1.165) is 0 Å². The van der Waals surface area contributed by atoms with Crippen molar-refractivity contribution >= 4 is 39.1 Å². The van der Waals surface area contributed by atoms with Crippen LogP contribution in [0.3, 0.4) is 0 Å². The van der Waals surface area contributed by atoms with Crippen molar-refractivity contribution in [3.63, 3.8) is 0 Å². The van der Waals surface area contributed by atoms with Crippen LogP contribution in [-0.4, -0.2) is 5.91 Å². The SMILES string of the molecule is Cc1cc(F)c(Br)cc1NC(=O)c1ccc(Cl)cc1. The number of aryl methyl sites for hydroxylation is 1. The van der Waals surface area contributed by atoms with Crippen molar-refractivity contribution in [1.29, 1.82) is 0 Å². The number of amides is 1. The Morgan fingerprint density at radius 3 is 2.53 bits per heavy atom. The average Bonchev–Trinajstić information content (AvgIpc) is 2.36. The molecular weight excluding hydrogens is 333 g/mol. The maximum absolute atomic E-state index is 13.3. The van der Waals surface area contributed by atoms with Gasteiger partial charge in [0.1, 0.15) is 5.82 Å². The number of carbonyl (C=O) groups is 1. The standard InChI is InChI=1S/C14H10BrClFNO/c1-8-6-12(17)11(15)7-13(8)18-14(19)9-2-4-10(16)5-3-9/h2-7H,1H3,(H,18,19). The normalized spacial score (nSPS) is 10.3. The Bertz CT molecular complexity index is 628. The molecule has 0 heterocycles. The van der Waals surface area contributed by atoms with E-state index in [1.165, 1.54) is 6.07 Å². The zero-order chi connectivity index (χ0) is 14.0. The smallest absolute Gasteiger partial charge is 0.255 e. The molecule has 0 aliphatic heterocycles. The first-order valence-electron chi connectivity index (χ1n) is 5.50. The quantitative estimate of drug-likeness (QED) is 0.834. The summed E-state index contributed by atoms with van der Waals surface area (Å²) in [4.78, 5) is 12.0. The molecule has 0 aliphatic rings. The predicted octanol–water partition coefficient (Wildman–Crippen LogP) is 4.80. The van der Waals surface area contributed by atoms with Gasteiger partial charge in [0.2, 0.25) is 0 Å². The van der Waals surface area contributed by atoms with Crippen LogP contribution in [-0.2, 0) is 0 Å². The number of nitrogens with one attached hydrogen (secondary N) is 1. The lowest BCUT2D eigenvalue weighted by molar-refractivity contribution is 0.102. The van der Waals surface area contributed by atoms with Crippen LogP contribution in [0.5, 0.6) is 0 Å². The Labute approximate surface area is 123 Å². The second-order valence-electron chi connectivity index (χ2n) is 4.04. The van der Waals surface area contributed by atoms with Crippen LogP contribution in [0.2, 0.25) is 5.02 Å². The number of rotatable bonds is 2. The van der Waals surface area contributed by atoms with Gasteiger partial charge < -0.3 is 5.32 Å². The fourth-order valence-corrected chi connectivity index (χ4v) is 2.05. The number of benzene rings is 2. The summed E-state index contributed by atoms with van der Waals surface area (Å²) in [6.45, 7) is 1.73. The molecule has 0 bridgehead atoms. The summed E-state index contributed by atoms with van der Waals surface area (Å²) in [5.41, 5.74) is 1.71. The van der Waals surface area contributed by atoms with E-state index in [4.69, 9.17) is 11.6 Å². The number of halogens is 3. The molecule has 2 aromatic rings. The topological polar surface area (TPSA) is 29.1 Å². The van der Waals surface area contributed by atoms with Crippen molar-refractivity contribution in [1.82, 2.24) is 0 Å². The van der Waals surface area contributed by atoms with E-state index in [0.29, 0.717) is 26.3 Å². The van der Waals surface area contributed by atoms with Gasteiger partial charge in [-0.15, -0.1) is 0 Å². The summed E-state index contributed by atoms with van der Waals surface area (Å²) in [6.07, 6.45) is 0. The fraction of sp³-hybridized carbons (Fsp3) is 0.0714. The van der Waals surface area contributed by atoms with Crippen LogP contribution >= 0.6 is 27.5 Å². The third-order valence-electron chi connectivity index (χ3n) is 2.62. The number of anilines is 1. The molecule has 2 rings (SSSR count). The highest BCUT2D eigenvalue weighted by molar-refractivity contribution is 9.10. The summed E-state index contributed by atoms with van der Waals surface area (Å²) in [6, 6.07) is 9.45. The Morgan fingerprint density at radius 1 is 1.26 bits per heavy atom. The molecule has 0 spiro atoms. The molecule has 0 saturated heterocycles. The van der Waals surface area contributed by atoms with Crippen LogP contribution in [0.25, 0.3) is 0 Å². The van der Waals surface area contributed by atoms with Crippen molar-refractivity contribution in [2.75, 3.05) is 5.32 Å². The predicted molar refractivity (Wildman–Crippen MR) is 78.2 cm³/mol. The average molecular weight is 343 g/mol. The molecule has 5 heteroatoms. The van der Waals surface area contributed by atoms with Gasteiger partial charge in [-0.2, -0.15) is 0 Å². The molecule has 2 aromatic carbocycles. The largest absolute Gasteiger partial charge is 0.322 e. The molecule has 0 aromatic heterocycles. The van der Waals surface area contributed by atoms with Crippen LogP contribution < -0.4 is 5.32 Å². The van der Waals surface area contributed by atoms with Gasteiger partial charge >= 0.3 is 0 Å². The lowest BCUT2D eigenvalue weighted by atomic mass is 10.1. The van der Waals surface area contributed by atoms with Gasteiger partial charge in [-0.25, -0.2) is 4.39 Å². The highest BCUT2D eigenvalue weighted by atomic mass is 79.9. The number of hydrogen-bond acceptors (Lipinski definition) is 1. The highest BCUT2D eigenvalue weighted by Crippen LogP contribution is 2.24. The fourth-order valence-electron chi connectivity index (χ4n) is 1.58. The highest BCUT2D eigenvalue weighted by Gasteiger charge is 2.10. The molecule has 19 heavy (non-hydrogen) atoms. The molecule has 0 saturated carbocycles. The van der Waals surface area contributed by atoms with Gasteiger partial charge in [-0.05, 0) is 64.8 Å². The van der Waals surface area contributed by atoms with Crippen molar-refractivity contribution < 1.29 is 9.18 Å². The second kappa shape index (κ2) is 5.72. The first kappa shape index (κ1) is 14.0. The lowest BCUT2D eigenvalue weighted by Gasteiger charge is -2.09. The third-order valence-corrected chi connectivity index (χ3v) is 3.48. The van der Waals surface area contributed by atoms with Crippen molar-refractivity contribution in [3.8, 4) is 0 Å². The monoisotopic (exact) mass is 341 g/mol. The first-order chi connectivity index (χ1) is 8.97. The van der Waals surface area contributed by atoms with Gasteiger partial charge in [-0.1, -0.05) is 11.6 Å².